The van der Waals surface area contributed by atoms with Crippen molar-refractivity contribution >= 4 is 17.5 Å². The van der Waals surface area contributed by atoms with Gasteiger partial charge in [0.2, 0.25) is 0 Å². The largest absolute Gasteiger partial charge is 0.373 e. The minimum absolute atomic E-state index is 0.0895. The average Bonchev–Trinajstić information content (AvgIpc) is 2.61. The van der Waals surface area contributed by atoms with Crippen LogP contribution in [0.2, 0.25) is 5.02 Å². The molecule has 0 spiro atoms. The van der Waals surface area contributed by atoms with E-state index in [4.69, 9.17) is 16.3 Å². The number of halogens is 2. The number of nitrogens with zero attached hydrogens (tertiary/aromatic N) is 2. The lowest BCUT2D eigenvalue weighted by Gasteiger charge is -2.29. The maximum absolute atomic E-state index is 13.8. The lowest BCUT2D eigenvalue weighted by Crippen LogP contribution is -2.33. The van der Waals surface area contributed by atoms with Crippen LogP contribution in [-0.4, -0.2) is 29.0 Å². The number of carbonyl (C=O) groups excluding carboxylic acids is 1. The third-order valence-corrected chi connectivity index (χ3v) is 4.62. The minimum atomic E-state index is -0.619. The molecule has 1 N–H and O–H groups in total. The number of ether oxygens (including phenoxy) is 1. The standard InChI is InChI=1S/C18H19ClFN3O2/c1-11-21-9-13(10-22-11)16-7-12(5-6-25-16)8-23-18(24)17-14(19)3-2-4-15(17)20/h2-4,9-10,12,16H,5-8H2,1H3,(H,23,24). The Morgan fingerprint density at radius 1 is 1.40 bits per heavy atom. The molecule has 2 unspecified atom stereocenters. The molecule has 0 bridgehead atoms. The van der Waals surface area contributed by atoms with Gasteiger partial charge in [0.15, 0.2) is 0 Å². The third kappa shape index (κ3) is 4.32. The predicted molar refractivity (Wildman–Crippen MR) is 91.9 cm³/mol. The molecule has 132 valence electrons. The average molecular weight is 364 g/mol. The molecule has 0 saturated carbocycles. The van der Waals surface area contributed by atoms with Gasteiger partial charge in [-0.3, -0.25) is 4.79 Å². The normalized spacial score (nSPS) is 20.3. The van der Waals surface area contributed by atoms with E-state index in [1.165, 1.54) is 18.2 Å². The van der Waals surface area contributed by atoms with Crippen LogP contribution in [0, 0.1) is 18.7 Å². The Labute approximate surface area is 150 Å². The van der Waals surface area contributed by atoms with Crippen LogP contribution in [0.1, 0.15) is 40.7 Å². The molecule has 5 nitrogen and oxygen atoms in total. The van der Waals surface area contributed by atoms with E-state index in [0.29, 0.717) is 19.0 Å². The van der Waals surface area contributed by atoms with Gasteiger partial charge in [-0.05, 0) is 37.8 Å². The lowest BCUT2D eigenvalue weighted by atomic mass is 9.93. The van der Waals surface area contributed by atoms with E-state index in [-0.39, 0.29) is 22.6 Å². The van der Waals surface area contributed by atoms with Gasteiger partial charge in [0.05, 0.1) is 16.7 Å². The highest BCUT2D eigenvalue weighted by Crippen LogP contribution is 2.30. The molecule has 0 aliphatic carbocycles. The highest BCUT2D eigenvalue weighted by atomic mass is 35.5. The summed E-state index contributed by atoms with van der Waals surface area (Å²) in [6, 6.07) is 4.20. The number of aromatic nitrogens is 2. The fraction of sp³-hybridized carbons (Fsp3) is 0.389. The van der Waals surface area contributed by atoms with Gasteiger partial charge in [-0.2, -0.15) is 0 Å². The summed E-state index contributed by atoms with van der Waals surface area (Å²) in [5, 5.41) is 2.89. The fourth-order valence-electron chi connectivity index (χ4n) is 2.89. The molecule has 1 aromatic carbocycles. The van der Waals surface area contributed by atoms with Crippen LogP contribution < -0.4 is 5.32 Å². The van der Waals surface area contributed by atoms with Crippen molar-refractivity contribution in [1.82, 2.24) is 15.3 Å². The zero-order valence-corrected chi connectivity index (χ0v) is 14.6. The van der Waals surface area contributed by atoms with Crippen LogP contribution in [0.4, 0.5) is 4.39 Å². The van der Waals surface area contributed by atoms with Crippen LogP contribution in [0.5, 0.6) is 0 Å². The summed E-state index contributed by atoms with van der Waals surface area (Å²) in [6.45, 7) is 2.87. The van der Waals surface area contributed by atoms with Crippen molar-refractivity contribution in [3.8, 4) is 0 Å². The van der Waals surface area contributed by atoms with Gasteiger partial charge in [0.1, 0.15) is 11.6 Å². The molecule has 3 rings (SSSR count). The van der Waals surface area contributed by atoms with Crippen LogP contribution in [-0.2, 0) is 4.74 Å². The summed E-state index contributed by atoms with van der Waals surface area (Å²) >= 11 is 5.93. The molecule has 0 radical (unpaired) electrons. The Kier molecular flexibility index (Phi) is 5.60. The van der Waals surface area contributed by atoms with E-state index < -0.39 is 11.7 Å². The molecular weight excluding hydrogens is 345 g/mol. The molecule has 2 aromatic rings. The second-order valence-corrected chi connectivity index (χ2v) is 6.53. The molecule has 2 atom stereocenters. The van der Waals surface area contributed by atoms with Crippen molar-refractivity contribution in [2.75, 3.05) is 13.2 Å². The highest BCUT2D eigenvalue weighted by Gasteiger charge is 2.25. The zero-order valence-electron chi connectivity index (χ0n) is 13.8. The molecule has 1 fully saturated rings. The minimum Gasteiger partial charge on any atom is -0.373 e. The number of rotatable bonds is 4. The molecule has 2 heterocycles. The summed E-state index contributed by atoms with van der Waals surface area (Å²) in [5.41, 5.74) is 0.818. The third-order valence-electron chi connectivity index (χ3n) is 4.31. The molecule has 1 aromatic heterocycles. The van der Waals surface area contributed by atoms with Crippen LogP contribution in [0.3, 0.4) is 0 Å². The van der Waals surface area contributed by atoms with Crippen molar-refractivity contribution < 1.29 is 13.9 Å². The van der Waals surface area contributed by atoms with Crippen molar-refractivity contribution in [2.45, 2.75) is 25.9 Å². The first-order chi connectivity index (χ1) is 12.0. The number of amides is 1. The number of hydrogen-bond acceptors (Lipinski definition) is 4. The van der Waals surface area contributed by atoms with Gasteiger partial charge in [0, 0.05) is 31.1 Å². The van der Waals surface area contributed by atoms with E-state index in [1.54, 1.807) is 12.4 Å². The molecular formula is C18H19ClFN3O2. The Morgan fingerprint density at radius 2 is 2.16 bits per heavy atom. The second kappa shape index (κ2) is 7.89. The zero-order chi connectivity index (χ0) is 17.8. The van der Waals surface area contributed by atoms with Crippen molar-refractivity contribution in [1.29, 1.82) is 0 Å². The van der Waals surface area contributed by atoms with Crippen molar-refractivity contribution in [3.05, 3.63) is 58.4 Å². The number of hydrogen-bond donors (Lipinski definition) is 1. The molecule has 25 heavy (non-hydrogen) atoms. The van der Waals surface area contributed by atoms with E-state index in [0.717, 1.165) is 18.4 Å². The molecule has 1 aliphatic heterocycles. The van der Waals surface area contributed by atoms with Gasteiger partial charge in [0.25, 0.3) is 5.91 Å². The first kappa shape index (κ1) is 17.8. The van der Waals surface area contributed by atoms with E-state index in [2.05, 4.69) is 15.3 Å². The topological polar surface area (TPSA) is 64.1 Å². The summed E-state index contributed by atoms with van der Waals surface area (Å²) in [7, 11) is 0. The summed E-state index contributed by atoms with van der Waals surface area (Å²) in [5.74, 6) is -0.170. The van der Waals surface area contributed by atoms with Crippen molar-refractivity contribution in [2.24, 2.45) is 5.92 Å². The first-order valence-corrected chi connectivity index (χ1v) is 8.54. The quantitative estimate of drug-likeness (QED) is 0.903. The van der Waals surface area contributed by atoms with Gasteiger partial charge >= 0.3 is 0 Å². The Bertz CT molecular complexity index is 734. The Morgan fingerprint density at radius 3 is 2.88 bits per heavy atom. The maximum atomic E-state index is 13.8. The van der Waals surface area contributed by atoms with E-state index in [9.17, 15) is 9.18 Å². The van der Waals surface area contributed by atoms with E-state index >= 15 is 0 Å². The number of aryl methyl sites for hydroxylation is 1. The maximum Gasteiger partial charge on any atom is 0.255 e. The number of nitrogens with one attached hydrogen (secondary N) is 1. The SMILES string of the molecule is Cc1ncc(C2CC(CNC(=O)c3c(F)cccc3Cl)CCO2)cn1. The summed E-state index contributed by atoms with van der Waals surface area (Å²) in [4.78, 5) is 20.6. The van der Waals surface area contributed by atoms with E-state index in [1.807, 2.05) is 6.92 Å². The molecule has 1 saturated heterocycles. The summed E-state index contributed by atoms with van der Waals surface area (Å²) < 4.78 is 19.6. The van der Waals surface area contributed by atoms with Gasteiger partial charge in [-0.15, -0.1) is 0 Å². The fourth-order valence-corrected chi connectivity index (χ4v) is 3.14. The lowest BCUT2D eigenvalue weighted by molar-refractivity contribution is -0.0102. The molecule has 7 heteroatoms. The Hall–Kier alpha value is -2.05. The number of carbonyl (C=O) groups is 1. The second-order valence-electron chi connectivity index (χ2n) is 6.12. The predicted octanol–water partition coefficient (Wildman–Crippen LogP) is 3.48. The van der Waals surface area contributed by atoms with Gasteiger partial charge in [-0.25, -0.2) is 14.4 Å². The number of benzene rings is 1. The summed E-state index contributed by atoms with van der Waals surface area (Å²) in [6.07, 6.45) is 5.03. The monoisotopic (exact) mass is 363 g/mol. The van der Waals surface area contributed by atoms with Crippen LogP contribution in [0.25, 0.3) is 0 Å². The molecule has 1 aliphatic rings. The van der Waals surface area contributed by atoms with Crippen LogP contribution >= 0.6 is 11.6 Å². The van der Waals surface area contributed by atoms with Crippen LogP contribution in [0.15, 0.2) is 30.6 Å². The van der Waals surface area contributed by atoms with Gasteiger partial charge < -0.3 is 10.1 Å². The first-order valence-electron chi connectivity index (χ1n) is 8.17. The smallest absolute Gasteiger partial charge is 0.255 e. The Balaban J connectivity index is 1.59. The van der Waals surface area contributed by atoms with Gasteiger partial charge in [-0.1, -0.05) is 17.7 Å². The van der Waals surface area contributed by atoms with Crippen molar-refractivity contribution in [3.63, 3.8) is 0 Å². The highest BCUT2D eigenvalue weighted by molar-refractivity contribution is 6.33. The molecule has 1 amide bonds.